The maximum absolute atomic E-state index is 6.16. The van der Waals surface area contributed by atoms with Crippen molar-refractivity contribution in [3.63, 3.8) is 0 Å². The number of nitrogens with zero attached hydrogens (tertiary/aromatic N) is 2. The predicted molar refractivity (Wildman–Crippen MR) is 96.7 cm³/mol. The Morgan fingerprint density at radius 1 is 1.08 bits per heavy atom. The molecule has 1 heterocycles. The third-order valence-corrected chi connectivity index (χ3v) is 7.31. The van der Waals surface area contributed by atoms with Crippen LogP contribution in [-0.2, 0) is 11.2 Å². The van der Waals surface area contributed by atoms with Crippen LogP contribution in [0.25, 0.3) is 0 Å². The molecule has 0 N–H and O–H groups in total. The van der Waals surface area contributed by atoms with E-state index in [2.05, 4.69) is 16.3 Å². The molecule has 4 aliphatic carbocycles. The van der Waals surface area contributed by atoms with Gasteiger partial charge in [0.1, 0.15) is 5.75 Å². The van der Waals surface area contributed by atoms with Gasteiger partial charge < -0.3 is 9.15 Å². The Labute approximate surface area is 152 Å². The molecule has 0 aliphatic heterocycles. The summed E-state index contributed by atoms with van der Waals surface area (Å²) in [6.07, 6.45) is 8.09. The van der Waals surface area contributed by atoms with Crippen LogP contribution in [0.3, 0.4) is 0 Å². The third-order valence-electron chi connectivity index (χ3n) is 6.44. The summed E-state index contributed by atoms with van der Waals surface area (Å²) in [5, 5.41) is 9.53. The highest BCUT2D eigenvalue weighted by atomic mass is 32.2. The van der Waals surface area contributed by atoms with Crippen molar-refractivity contribution in [3.05, 3.63) is 35.7 Å². The summed E-state index contributed by atoms with van der Waals surface area (Å²) in [4.78, 5) is 0. The van der Waals surface area contributed by atoms with E-state index in [-0.39, 0.29) is 5.41 Å². The Morgan fingerprint density at radius 2 is 1.76 bits per heavy atom. The molecule has 25 heavy (non-hydrogen) atoms. The van der Waals surface area contributed by atoms with Crippen molar-refractivity contribution in [3.8, 4) is 5.75 Å². The SMILES string of the molecule is COc1ccccc1CSc1nnc(C23CC4CC(CC(C4)C2)C3)o1. The second-order valence-corrected chi connectivity index (χ2v) is 9.10. The molecule has 0 radical (unpaired) electrons. The highest BCUT2D eigenvalue weighted by Crippen LogP contribution is 2.60. The van der Waals surface area contributed by atoms with Crippen LogP contribution in [-0.4, -0.2) is 17.3 Å². The third kappa shape index (κ3) is 2.77. The van der Waals surface area contributed by atoms with E-state index in [9.17, 15) is 0 Å². The molecular formula is C20H24N2O2S. The van der Waals surface area contributed by atoms with Gasteiger partial charge in [0.25, 0.3) is 5.22 Å². The van der Waals surface area contributed by atoms with Crippen molar-refractivity contribution in [1.82, 2.24) is 10.2 Å². The van der Waals surface area contributed by atoms with Crippen molar-refractivity contribution in [1.29, 1.82) is 0 Å². The number of benzene rings is 1. The Balaban J connectivity index is 1.32. The fourth-order valence-electron chi connectivity index (χ4n) is 5.82. The maximum atomic E-state index is 6.16. The van der Waals surface area contributed by atoms with Crippen LogP contribution in [0.1, 0.15) is 50.0 Å². The normalized spacial score (nSPS) is 32.9. The van der Waals surface area contributed by atoms with Gasteiger partial charge in [0.2, 0.25) is 5.89 Å². The number of methoxy groups -OCH3 is 1. The van der Waals surface area contributed by atoms with E-state index in [4.69, 9.17) is 9.15 Å². The number of hydrogen-bond donors (Lipinski definition) is 0. The van der Waals surface area contributed by atoms with Gasteiger partial charge in [0.05, 0.1) is 7.11 Å². The summed E-state index contributed by atoms with van der Waals surface area (Å²) >= 11 is 1.61. The molecule has 4 saturated carbocycles. The van der Waals surface area contributed by atoms with Gasteiger partial charge in [-0.2, -0.15) is 0 Å². The largest absolute Gasteiger partial charge is 0.496 e. The zero-order chi connectivity index (χ0) is 16.9. The minimum absolute atomic E-state index is 0.186. The van der Waals surface area contributed by atoms with Gasteiger partial charge in [-0.05, 0) is 62.3 Å². The van der Waals surface area contributed by atoms with E-state index in [0.29, 0.717) is 5.22 Å². The molecule has 1 aromatic heterocycles. The summed E-state index contributed by atoms with van der Waals surface area (Å²) in [5.74, 6) is 5.28. The second kappa shape index (κ2) is 6.04. The molecule has 2 aromatic rings. The average molecular weight is 356 g/mol. The number of aromatic nitrogens is 2. The minimum atomic E-state index is 0.186. The molecule has 6 rings (SSSR count). The van der Waals surface area contributed by atoms with Crippen LogP contribution >= 0.6 is 11.8 Å². The lowest BCUT2D eigenvalue weighted by atomic mass is 9.49. The van der Waals surface area contributed by atoms with E-state index < -0.39 is 0 Å². The smallest absolute Gasteiger partial charge is 0.276 e. The topological polar surface area (TPSA) is 48.2 Å². The molecule has 4 nitrogen and oxygen atoms in total. The van der Waals surface area contributed by atoms with Crippen LogP contribution in [0, 0.1) is 17.8 Å². The predicted octanol–water partition coefficient (Wildman–Crippen LogP) is 4.84. The second-order valence-electron chi connectivity index (χ2n) is 8.17. The monoisotopic (exact) mass is 356 g/mol. The molecule has 1 aromatic carbocycles. The standard InChI is InChI=1S/C20H24N2O2S/c1-23-17-5-3-2-4-16(17)12-25-19-22-21-18(24-19)20-9-13-6-14(10-20)8-15(7-13)11-20/h2-5,13-15H,6-12H2,1H3. The Hall–Kier alpha value is -1.49. The summed E-state index contributed by atoms with van der Waals surface area (Å²) < 4.78 is 11.6. The number of ether oxygens (including phenoxy) is 1. The highest BCUT2D eigenvalue weighted by Gasteiger charge is 2.54. The van der Waals surface area contributed by atoms with Gasteiger partial charge in [0.15, 0.2) is 0 Å². The maximum Gasteiger partial charge on any atom is 0.276 e. The lowest BCUT2D eigenvalue weighted by molar-refractivity contribution is -0.0191. The van der Waals surface area contributed by atoms with Crippen molar-refractivity contribution >= 4 is 11.8 Å². The first-order valence-electron chi connectivity index (χ1n) is 9.33. The molecule has 4 aliphatic rings. The summed E-state index contributed by atoms with van der Waals surface area (Å²) in [6, 6.07) is 8.10. The minimum Gasteiger partial charge on any atom is -0.496 e. The Kier molecular flexibility index (Phi) is 3.81. The van der Waals surface area contributed by atoms with Gasteiger partial charge in [-0.15, -0.1) is 10.2 Å². The van der Waals surface area contributed by atoms with Gasteiger partial charge in [-0.25, -0.2) is 0 Å². The van der Waals surface area contributed by atoms with Gasteiger partial charge >= 0.3 is 0 Å². The van der Waals surface area contributed by atoms with Crippen molar-refractivity contribution < 1.29 is 9.15 Å². The van der Waals surface area contributed by atoms with Crippen LogP contribution in [0.15, 0.2) is 33.9 Å². The molecule has 132 valence electrons. The van der Waals surface area contributed by atoms with Gasteiger partial charge in [0, 0.05) is 16.7 Å². The average Bonchev–Trinajstić information content (AvgIpc) is 3.09. The Morgan fingerprint density at radius 3 is 2.44 bits per heavy atom. The van der Waals surface area contributed by atoms with Crippen LogP contribution in [0.4, 0.5) is 0 Å². The molecule has 0 atom stereocenters. The van der Waals surface area contributed by atoms with Gasteiger partial charge in [-0.1, -0.05) is 30.0 Å². The van der Waals surface area contributed by atoms with Crippen LogP contribution < -0.4 is 4.74 Å². The first-order valence-corrected chi connectivity index (χ1v) is 10.3. The van der Waals surface area contributed by atoms with E-state index in [1.165, 1.54) is 38.5 Å². The molecule has 0 spiro atoms. The summed E-state index contributed by atoms with van der Waals surface area (Å²) in [5.41, 5.74) is 1.34. The molecule has 5 heteroatoms. The Bertz CT molecular complexity index is 737. The number of rotatable bonds is 5. The molecule has 4 bridgehead atoms. The number of thioether (sulfide) groups is 1. The molecule has 4 fully saturated rings. The van der Waals surface area contributed by atoms with Crippen LogP contribution in [0.2, 0.25) is 0 Å². The van der Waals surface area contributed by atoms with E-state index in [1.54, 1.807) is 18.9 Å². The number of hydrogen-bond acceptors (Lipinski definition) is 5. The number of para-hydroxylation sites is 1. The molecule has 0 saturated heterocycles. The van der Waals surface area contributed by atoms with Gasteiger partial charge in [-0.3, -0.25) is 0 Å². The first-order chi connectivity index (χ1) is 12.2. The summed E-state index contributed by atoms with van der Waals surface area (Å²) in [7, 11) is 1.71. The fourth-order valence-corrected chi connectivity index (χ4v) is 6.57. The van der Waals surface area contributed by atoms with Crippen molar-refractivity contribution in [2.24, 2.45) is 17.8 Å². The summed E-state index contributed by atoms with van der Waals surface area (Å²) in [6.45, 7) is 0. The van der Waals surface area contributed by atoms with Crippen molar-refractivity contribution in [2.45, 2.75) is 54.9 Å². The zero-order valence-corrected chi connectivity index (χ0v) is 15.4. The van der Waals surface area contributed by atoms with Crippen molar-refractivity contribution in [2.75, 3.05) is 7.11 Å². The van der Waals surface area contributed by atoms with E-state index in [1.807, 2.05) is 18.2 Å². The molecule has 0 amide bonds. The molecule has 0 unspecified atom stereocenters. The van der Waals surface area contributed by atoms with Crippen LogP contribution in [0.5, 0.6) is 5.75 Å². The van der Waals surface area contributed by atoms with E-state index >= 15 is 0 Å². The molecular weight excluding hydrogens is 332 g/mol. The zero-order valence-electron chi connectivity index (χ0n) is 14.6. The fraction of sp³-hybridized carbons (Fsp3) is 0.600. The highest BCUT2D eigenvalue weighted by molar-refractivity contribution is 7.98. The lowest BCUT2D eigenvalue weighted by Crippen LogP contribution is -2.48. The lowest BCUT2D eigenvalue weighted by Gasteiger charge is -2.55. The van der Waals surface area contributed by atoms with E-state index in [0.717, 1.165) is 40.7 Å². The first kappa shape index (κ1) is 15.7. The quantitative estimate of drug-likeness (QED) is 0.718.